The number of rotatable bonds is 6. The van der Waals surface area contributed by atoms with Crippen molar-refractivity contribution < 1.29 is 0 Å². The van der Waals surface area contributed by atoms with Crippen LogP contribution in [0.2, 0.25) is 5.02 Å². The van der Waals surface area contributed by atoms with Gasteiger partial charge < -0.3 is 5.32 Å². The molecule has 0 atom stereocenters. The first-order valence-corrected chi connectivity index (χ1v) is 9.05. The number of nitrogens with one attached hydrogen (secondary N) is 1. The Morgan fingerprint density at radius 2 is 1.93 bits per heavy atom. The summed E-state index contributed by atoms with van der Waals surface area (Å²) in [6.07, 6.45) is 0.919. The molecule has 0 saturated heterocycles. The zero-order valence-corrected chi connectivity index (χ0v) is 16.5. The number of amidine groups is 2. The van der Waals surface area contributed by atoms with Gasteiger partial charge in [-0.2, -0.15) is 0 Å². The standard InChI is InChI=1S/C21H23ClN4O/c1-5-16-7-6-8-18(11-16)14(2)24-21(25-15(3)26-27)19-12-17(13-23-4)9-10-20(19)22/h6-12,23H,2,5,13H2,1,3-4H3. The van der Waals surface area contributed by atoms with Gasteiger partial charge in [0.2, 0.25) is 0 Å². The van der Waals surface area contributed by atoms with Crippen molar-refractivity contribution in [1.82, 2.24) is 5.32 Å². The highest BCUT2D eigenvalue weighted by Crippen LogP contribution is 2.23. The lowest BCUT2D eigenvalue weighted by molar-refractivity contribution is 0.818. The second-order valence-corrected chi connectivity index (χ2v) is 6.44. The van der Waals surface area contributed by atoms with Crippen LogP contribution in [0.5, 0.6) is 0 Å². The van der Waals surface area contributed by atoms with Crippen LogP contribution in [-0.4, -0.2) is 18.7 Å². The van der Waals surface area contributed by atoms with E-state index in [1.165, 1.54) is 12.5 Å². The molecule has 140 valence electrons. The Bertz CT molecular complexity index is 903. The van der Waals surface area contributed by atoms with Crippen molar-refractivity contribution in [1.29, 1.82) is 0 Å². The van der Waals surface area contributed by atoms with E-state index >= 15 is 0 Å². The van der Waals surface area contributed by atoms with Crippen LogP contribution >= 0.6 is 11.6 Å². The molecule has 0 aliphatic rings. The summed E-state index contributed by atoms with van der Waals surface area (Å²) in [5, 5.41) is 6.47. The van der Waals surface area contributed by atoms with Gasteiger partial charge in [0, 0.05) is 12.1 Å². The molecule has 0 fully saturated rings. The number of aryl methyl sites for hydroxylation is 1. The maximum Gasteiger partial charge on any atom is 0.172 e. The molecule has 0 aliphatic heterocycles. The summed E-state index contributed by atoms with van der Waals surface area (Å²) < 4.78 is 0. The average molecular weight is 383 g/mol. The van der Waals surface area contributed by atoms with Crippen molar-refractivity contribution in [3.8, 4) is 0 Å². The molecular weight excluding hydrogens is 360 g/mol. The van der Waals surface area contributed by atoms with E-state index in [1.54, 1.807) is 6.07 Å². The predicted molar refractivity (Wildman–Crippen MR) is 115 cm³/mol. The molecule has 0 unspecified atom stereocenters. The van der Waals surface area contributed by atoms with E-state index in [9.17, 15) is 4.91 Å². The molecule has 0 amide bonds. The first-order valence-electron chi connectivity index (χ1n) is 8.67. The molecule has 0 heterocycles. The highest BCUT2D eigenvalue weighted by molar-refractivity contribution is 6.34. The number of hydrogen-bond donors (Lipinski definition) is 1. The summed E-state index contributed by atoms with van der Waals surface area (Å²) in [4.78, 5) is 19.7. The smallest absolute Gasteiger partial charge is 0.172 e. The lowest BCUT2D eigenvalue weighted by Crippen LogP contribution is -2.08. The summed E-state index contributed by atoms with van der Waals surface area (Å²) in [7, 11) is 1.87. The zero-order valence-electron chi connectivity index (χ0n) is 15.8. The van der Waals surface area contributed by atoms with Crippen LogP contribution in [0, 0.1) is 4.91 Å². The lowest BCUT2D eigenvalue weighted by Gasteiger charge is -2.09. The monoisotopic (exact) mass is 382 g/mol. The molecule has 1 N–H and O–H groups in total. The fraction of sp³-hybridized carbons (Fsp3) is 0.238. The number of aliphatic imine (C=N–C) groups is 2. The van der Waals surface area contributed by atoms with Crippen molar-refractivity contribution in [2.24, 2.45) is 15.2 Å². The zero-order chi connectivity index (χ0) is 19.8. The maximum atomic E-state index is 10.9. The maximum absolute atomic E-state index is 10.9. The van der Waals surface area contributed by atoms with Crippen molar-refractivity contribution in [2.45, 2.75) is 26.8 Å². The minimum atomic E-state index is 0.0685. The first-order chi connectivity index (χ1) is 13.0. The SMILES string of the molecule is C=C(N=C(N=C(C)N=O)c1cc(CNC)ccc1Cl)c1cccc(CC)c1. The number of nitrogens with zero attached hydrogens (tertiary/aromatic N) is 3. The first kappa shape index (κ1) is 20.7. The van der Waals surface area contributed by atoms with Crippen molar-refractivity contribution in [3.63, 3.8) is 0 Å². The largest absolute Gasteiger partial charge is 0.316 e. The molecule has 5 nitrogen and oxygen atoms in total. The molecule has 0 spiro atoms. The molecule has 2 aromatic rings. The van der Waals surface area contributed by atoms with Crippen molar-refractivity contribution in [2.75, 3.05) is 7.05 Å². The normalized spacial score (nSPS) is 12.1. The molecule has 0 radical (unpaired) electrons. The van der Waals surface area contributed by atoms with E-state index in [-0.39, 0.29) is 5.84 Å². The second-order valence-electron chi connectivity index (χ2n) is 6.03. The van der Waals surface area contributed by atoms with Crippen LogP contribution in [-0.2, 0) is 13.0 Å². The molecule has 27 heavy (non-hydrogen) atoms. The van der Waals surface area contributed by atoms with E-state index in [2.05, 4.69) is 40.0 Å². The summed E-state index contributed by atoms with van der Waals surface area (Å²) in [5.74, 6) is 0.376. The quantitative estimate of drug-likeness (QED) is 0.422. The van der Waals surface area contributed by atoms with Crippen LogP contribution in [0.3, 0.4) is 0 Å². The van der Waals surface area contributed by atoms with Crippen molar-refractivity contribution in [3.05, 3.63) is 81.2 Å². The van der Waals surface area contributed by atoms with E-state index in [4.69, 9.17) is 11.6 Å². The van der Waals surface area contributed by atoms with Crippen LogP contribution in [0.25, 0.3) is 5.70 Å². The molecule has 2 aromatic carbocycles. The molecule has 0 saturated carbocycles. The highest BCUT2D eigenvalue weighted by atomic mass is 35.5. The molecule has 6 heteroatoms. The van der Waals surface area contributed by atoms with Gasteiger partial charge >= 0.3 is 0 Å². The van der Waals surface area contributed by atoms with E-state index in [1.807, 2.05) is 37.4 Å². The molecule has 0 bridgehead atoms. The fourth-order valence-corrected chi connectivity index (χ4v) is 2.74. The third kappa shape index (κ3) is 5.67. The van der Waals surface area contributed by atoms with Gasteiger partial charge in [-0.15, -0.1) is 4.91 Å². The lowest BCUT2D eigenvalue weighted by atomic mass is 10.1. The third-order valence-corrected chi connectivity index (χ3v) is 4.29. The number of halogens is 1. The van der Waals surface area contributed by atoms with Gasteiger partial charge in [0.1, 0.15) is 0 Å². The van der Waals surface area contributed by atoms with Gasteiger partial charge in [0.15, 0.2) is 11.7 Å². The third-order valence-electron chi connectivity index (χ3n) is 3.96. The average Bonchev–Trinajstić information content (AvgIpc) is 2.69. The Labute approximate surface area is 164 Å². The second kappa shape index (κ2) is 9.90. The number of hydrogen-bond acceptors (Lipinski definition) is 3. The predicted octanol–water partition coefficient (Wildman–Crippen LogP) is 5.22. The summed E-state index contributed by atoms with van der Waals surface area (Å²) in [5.41, 5.74) is 4.27. The molecule has 2 rings (SSSR count). The van der Waals surface area contributed by atoms with Crippen LogP contribution in [0.1, 0.15) is 36.1 Å². The van der Waals surface area contributed by atoms with Gasteiger partial charge in [0.25, 0.3) is 0 Å². The Morgan fingerprint density at radius 3 is 2.59 bits per heavy atom. The van der Waals surface area contributed by atoms with Crippen LogP contribution in [0.15, 0.2) is 64.2 Å². The number of benzene rings is 2. The van der Waals surface area contributed by atoms with Gasteiger partial charge in [-0.3, -0.25) is 0 Å². The van der Waals surface area contributed by atoms with E-state index in [0.29, 0.717) is 28.7 Å². The van der Waals surface area contributed by atoms with E-state index in [0.717, 1.165) is 17.5 Å². The number of nitroso groups, excluding NO2 is 1. The van der Waals surface area contributed by atoms with Gasteiger partial charge in [-0.25, -0.2) is 9.98 Å². The Morgan fingerprint density at radius 1 is 1.15 bits per heavy atom. The van der Waals surface area contributed by atoms with Gasteiger partial charge in [-0.05, 0) is 60.5 Å². The Balaban J connectivity index is 2.54. The minimum absolute atomic E-state index is 0.0685. The van der Waals surface area contributed by atoms with Gasteiger partial charge in [0.05, 0.1) is 10.7 Å². The molecule has 0 aliphatic carbocycles. The molecule has 0 aromatic heterocycles. The summed E-state index contributed by atoms with van der Waals surface area (Å²) in [6.45, 7) is 8.35. The minimum Gasteiger partial charge on any atom is -0.316 e. The van der Waals surface area contributed by atoms with Crippen LogP contribution < -0.4 is 5.32 Å². The van der Waals surface area contributed by atoms with E-state index < -0.39 is 0 Å². The highest BCUT2D eigenvalue weighted by Gasteiger charge is 2.11. The summed E-state index contributed by atoms with van der Waals surface area (Å²) in [6, 6.07) is 13.6. The van der Waals surface area contributed by atoms with Crippen molar-refractivity contribution >= 4 is 29.0 Å². The van der Waals surface area contributed by atoms with Crippen LogP contribution in [0.4, 0.5) is 0 Å². The Kier molecular flexibility index (Phi) is 7.58. The topological polar surface area (TPSA) is 66.2 Å². The summed E-state index contributed by atoms with van der Waals surface area (Å²) >= 11 is 6.39. The molecular formula is C21H23ClN4O. The van der Waals surface area contributed by atoms with Gasteiger partial charge in [-0.1, -0.05) is 49.4 Å². The fourth-order valence-electron chi connectivity index (χ4n) is 2.54. The Hall–Kier alpha value is -2.63.